The van der Waals surface area contributed by atoms with Crippen LogP contribution in [0.25, 0.3) is 0 Å². The first-order valence-corrected chi connectivity index (χ1v) is 9.66. The third-order valence-electron chi connectivity index (χ3n) is 5.26. The third kappa shape index (κ3) is 2.22. The van der Waals surface area contributed by atoms with Gasteiger partial charge in [-0.1, -0.05) is 24.3 Å². The number of fused-ring (bicyclic) bond motifs is 2. The van der Waals surface area contributed by atoms with Crippen LogP contribution in [0.2, 0.25) is 0 Å². The third-order valence-corrected chi connectivity index (χ3v) is 6.52. The number of H-pyrrole nitrogens is 1. The molecule has 1 aliphatic carbocycles. The Labute approximate surface area is 163 Å². The minimum atomic E-state index is -1.53. The fraction of sp³-hybridized carbons (Fsp3) is 0.211. The standard InChI is InChI=1S/C19H14N4O4S/c24-14-10-3-1-2-4-11(10)15(25)16-13(14)19(7-28-16)18(27)22-12(17(26)23-19)5-9-6-20-8-21-9/h1-4,6,8,12H,5,7H2,(H,20,21)(H,22,27)(H,23,26)/t12-,19-/m0/s1. The second-order valence-electron chi connectivity index (χ2n) is 6.90. The molecule has 1 aromatic heterocycles. The van der Waals surface area contributed by atoms with Crippen LogP contribution in [0.15, 0.2) is 47.3 Å². The molecular formula is C19H14N4O4S. The smallest absolute Gasteiger partial charge is 0.252 e. The van der Waals surface area contributed by atoms with Crippen molar-refractivity contribution in [1.82, 2.24) is 20.6 Å². The Balaban J connectivity index is 1.52. The maximum Gasteiger partial charge on any atom is 0.252 e. The van der Waals surface area contributed by atoms with E-state index < -0.39 is 29.2 Å². The number of allylic oxidation sites excluding steroid dienone is 1. The van der Waals surface area contributed by atoms with Gasteiger partial charge in [0.05, 0.1) is 16.8 Å². The number of thioether (sulfide) groups is 1. The maximum atomic E-state index is 13.1. The molecule has 0 saturated carbocycles. The first-order chi connectivity index (χ1) is 13.5. The fourth-order valence-electron chi connectivity index (χ4n) is 3.87. The van der Waals surface area contributed by atoms with Crippen LogP contribution in [-0.2, 0) is 16.0 Å². The van der Waals surface area contributed by atoms with Crippen molar-refractivity contribution in [2.24, 2.45) is 0 Å². The van der Waals surface area contributed by atoms with Gasteiger partial charge < -0.3 is 15.6 Å². The van der Waals surface area contributed by atoms with E-state index in [0.29, 0.717) is 11.3 Å². The molecule has 0 bridgehead atoms. The van der Waals surface area contributed by atoms with Gasteiger partial charge in [0.2, 0.25) is 11.7 Å². The SMILES string of the molecule is O=C1C2=C(C(=O)c3ccccc31)[C@]1(CS2)NC(=O)[C@H](Cc2cnc[nH]2)NC1=O. The zero-order chi connectivity index (χ0) is 19.5. The Bertz CT molecular complexity index is 1090. The molecule has 2 amide bonds. The molecule has 1 fully saturated rings. The molecule has 1 spiro atoms. The van der Waals surface area contributed by atoms with Crippen molar-refractivity contribution in [1.29, 1.82) is 0 Å². The number of piperazine rings is 1. The molecule has 8 nitrogen and oxygen atoms in total. The summed E-state index contributed by atoms with van der Waals surface area (Å²) in [5, 5.41) is 5.47. The van der Waals surface area contributed by atoms with E-state index in [9.17, 15) is 19.2 Å². The number of nitrogens with zero attached hydrogens (tertiary/aromatic N) is 1. The average molecular weight is 394 g/mol. The molecule has 5 rings (SSSR count). The van der Waals surface area contributed by atoms with Crippen LogP contribution in [0.4, 0.5) is 0 Å². The minimum absolute atomic E-state index is 0.0760. The highest BCUT2D eigenvalue weighted by atomic mass is 32.2. The number of hydrogen-bond donors (Lipinski definition) is 3. The van der Waals surface area contributed by atoms with Gasteiger partial charge in [-0.25, -0.2) is 4.98 Å². The van der Waals surface area contributed by atoms with Gasteiger partial charge in [-0.15, -0.1) is 11.8 Å². The van der Waals surface area contributed by atoms with Gasteiger partial charge in [0.1, 0.15) is 6.04 Å². The molecule has 2 atom stereocenters. The van der Waals surface area contributed by atoms with E-state index in [2.05, 4.69) is 20.6 Å². The molecule has 28 heavy (non-hydrogen) atoms. The van der Waals surface area contributed by atoms with Crippen LogP contribution >= 0.6 is 11.8 Å². The number of ketones is 2. The van der Waals surface area contributed by atoms with Crippen LogP contribution in [0.1, 0.15) is 26.4 Å². The van der Waals surface area contributed by atoms with Crippen molar-refractivity contribution in [2.45, 2.75) is 18.0 Å². The van der Waals surface area contributed by atoms with Crippen molar-refractivity contribution in [2.75, 3.05) is 5.75 Å². The highest BCUT2D eigenvalue weighted by Gasteiger charge is 2.58. The van der Waals surface area contributed by atoms with Crippen LogP contribution in [-0.4, -0.2) is 50.7 Å². The topological polar surface area (TPSA) is 121 Å². The first-order valence-electron chi connectivity index (χ1n) is 8.67. The molecule has 0 unspecified atom stereocenters. The lowest BCUT2D eigenvalue weighted by molar-refractivity contribution is -0.139. The van der Waals surface area contributed by atoms with E-state index in [1.165, 1.54) is 6.33 Å². The van der Waals surface area contributed by atoms with E-state index in [-0.39, 0.29) is 34.0 Å². The molecule has 1 aromatic carbocycles. The summed E-state index contributed by atoms with van der Waals surface area (Å²) in [5.74, 6) is -1.44. The van der Waals surface area contributed by atoms with E-state index >= 15 is 0 Å². The van der Waals surface area contributed by atoms with Gasteiger partial charge in [-0.2, -0.15) is 0 Å². The fourth-order valence-corrected chi connectivity index (χ4v) is 5.23. The second kappa shape index (κ2) is 5.90. The van der Waals surface area contributed by atoms with Gasteiger partial charge in [0, 0.05) is 35.2 Å². The number of benzene rings is 1. The number of carbonyl (C=O) groups is 4. The zero-order valence-electron chi connectivity index (χ0n) is 14.4. The number of nitrogens with one attached hydrogen (secondary N) is 3. The summed E-state index contributed by atoms with van der Waals surface area (Å²) in [6, 6.07) is 5.75. The normalized spacial score (nSPS) is 26.2. The Morgan fingerprint density at radius 3 is 2.57 bits per heavy atom. The lowest BCUT2D eigenvalue weighted by atomic mass is 9.78. The largest absolute Gasteiger partial charge is 0.348 e. The monoisotopic (exact) mass is 394 g/mol. The van der Waals surface area contributed by atoms with Gasteiger partial charge in [-0.05, 0) is 0 Å². The maximum absolute atomic E-state index is 13.1. The van der Waals surface area contributed by atoms with Gasteiger partial charge in [-0.3, -0.25) is 19.2 Å². The predicted molar refractivity (Wildman–Crippen MR) is 99.7 cm³/mol. The number of carbonyl (C=O) groups excluding carboxylic acids is 4. The summed E-state index contributed by atoms with van der Waals surface area (Å²) in [7, 11) is 0. The number of rotatable bonds is 2. The summed E-state index contributed by atoms with van der Waals surface area (Å²) in [5.41, 5.74) is -0.158. The predicted octanol–water partition coefficient (Wildman–Crippen LogP) is 0.386. The number of aromatic nitrogens is 2. The van der Waals surface area contributed by atoms with Crippen LogP contribution in [0.5, 0.6) is 0 Å². The van der Waals surface area contributed by atoms with E-state index in [4.69, 9.17) is 0 Å². The van der Waals surface area contributed by atoms with Crippen molar-refractivity contribution in [3.8, 4) is 0 Å². The highest BCUT2D eigenvalue weighted by Crippen LogP contribution is 2.46. The summed E-state index contributed by atoms with van der Waals surface area (Å²) in [6.45, 7) is 0. The van der Waals surface area contributed by atoms with E-state index in [0.717, 1.165) is 11.8 Å². The lowest BCUT2D eigenvalue weighted by Gasteiger charge is -2.38. The first kappa shape index (κ1) is 16.9. The molecular weight excluding hydrogens is 380 g/mol. The number of aromatic amines is 1. The summed E-state index contributed by atoms with van der Waals surface area (Å²) in [4.78, 5) is 58.8. The lowest BCUT2D eigenvalue weighted by Crippen LogP contribution is -2.71. The molecule has 3 aliphatic rings. The van der Waals surface area contributed by atoms with Crippen molar-refractivity contribution in [3.05, 3.63) is 64.1 Å². The molecule has 3 N–H and O–H groups in total. The number of Topliss-reactive ketones (excluding diaryl/α,β-unsaturated/α-hetero) is 2. The van der Waals surface area contributed by atoms with Crippen molar-refractivity contribution < 1.29 is 19.2 Å². The highest BCUT2D eigenvalue weighted by molar-refractivity contribution is 8.04. The number of imidazole rings is 1. The average Bonchev–Trinajstić information content (AvgIpc) is 3.33. The van der Waals surface area contributed by atoms with Gasteiger partial charge >= 0.3 is 0 Å². The molecule has 2 aromatic rings. The van der Waals surface area contributed by atoms with Crippen molar-refractivity contribution >= 4 is 35.1 Å². The Hall–Kier alpha value is -3.20. The van der Waals surface area contributed by atoms with Crippen LogP contribution in [0, 0.1) is 0 Å². The van der Waals surface area contributed by atoms with Gasteiger partial charge in [0.25, 0.3) is 5.91 Å². The summed E-state index contributed by atoms with van der Waals surface area (Å²) >= 11 is 1.14. The van der Waals surface area contributed by atoms with E-state index in [1.807, 2.05) is 0 Å². The van der Waals surface area contributed by atoms with E-state index in [1.54, 1.807) is 30.5 Å². The number of hydrogen-bond acceptors (Lipinski definition) is 6. The molecule has 0 radical (unpaired) electrons. The van der Waals surface area contributed by atoms with Crippen molar-refractivity contribution in [3.63, 3.8) is 0 Å². The summed E-state index contributed by atoms with van der Waals surface area (Å²) in [6.07, 6.45) is 3.33. The Kier molecular flexibility index (Phi) is 3.57. The second-order valence-corrected chi connectivity index (χ2v) is 7.88. The minimum Gasteiger partial charge on any atom is -0.348 e. The van der Waals surface area contributed by atoms with Gasteiger partial charge in [0.15, 0.2) is 11.3 Å². The molecule has 1 saturated heterocycles. The quantitative estimate of drug-likeness (QED) is 0.677. The summed E-state index contributed by atoms with van der Waals surface area (Å²) < 4.78 is 0. The molecule has 2 aliphatic heterocycles. The number of amides is 2. The Morgan fingerprint density at radius 2 is 1.86 bits per heavy atom. The van der Waals surface area contributed by atoms with Crippen LogP contribution < -0.4 is 10.6 Å². The molecule has 140 valence electrons. The zero-order valence-corrected chi connectivity index (χ0v) is 15.3. The molecule has 9 heteroatoms. The Morgan fingerprint density at radius 1 is 1.11 bits per heavy atom. The molecule has 3 heterocycles. The van der Waals surface area contributed by atoms with Crippen LogP contribution in [0.3, 0.4) is 0 Å².